The number of anilines is 1. The van der Waals surface area contributed by atoms with E-state index < -0.39 is 0 Å². The first-order chi connectivity index (χ1) is 10.8. The van der Waals surface area contributed by atoms with Crippen molar-refractivity contribution < 1.29 is 9.53 Å². The van der Waals surface area contributed by atoms with Gasteiger partial charge < -0.3 is 14.5 Å². The lowest BCUT2D eigenvalue weighted by Gasteiger charge is -2.35. The van der Waals surface area contributed by atoms with Crippen LogP contribution >= 0.6 is 0 Å². The number of likely N-dealkylation sites (tertiary alicyclic amines) is 1. The summed E-state index contributed by atoms with van der Waals surface area (Å²) in [5.41, 5.74) is 2.97. The van der Waals surface area contributed by atoms with Crippen LogP contribution in [0.1, 0.15) is 37.2 Å². The molecule has 6 nitrogen and oxygen atoms in total. The first kappa shape index (κ1) is 16.2. The van der Waals surface area contributed by atoms with Crippen molar-refractivity contribution in [3.63, 3.8) is 0 Å². The Bertz CT molecular complexity index is 629. The topological polar surface area (TPSA) is 58.6 Å². The first-order valence-corrected chi connectivity index (χ1v) is 8.26. The molecule has 0 N–H and O–H groups in total. The van der Waals surface area contributed by atoms with Gasteiger partial charge in [0.2, 0.25) is 11.9 Å². The molecule has 1 fully saturated rings. The number of ether oxygens (including phenoxy) is 1. The summed E-state index contributed by atoms with van der Waals surface area (Å²) in [4.78, 5) is 25.7. The van der Waals surface area contributed by atoms with E-state index in [0.29, 0.717) is 19.8 Å². The number of hydrogen-bond donors (Lipinski definition) is 0. The van der Waals surface area contributed by atoms with Crippen molar-refractivity contribution in [2.24, 2.45) is 5.92 Å². The van der Waals surface area contributed by atoms with Crippen LogP contribution in [0.4, 0.5) is 5.95 Å². The number of hydrogen-bond acceptors (Lipinski definition) is 5. The Kier molecular flexibility index (Phi) is 4.04. The maximum Gasteiger partial charge on any atom is 0.225 e. The largest absolute Gasteiger partial charge is 0.376 e. The number of carbonyl (C=O) groups is 1. The molecule has 0 saturated carbocycles. The molecule has 23 heavy (non-hydrogen) atoms. The smallest absolute Gasteiger partial charge is 0.225 e. The molecule has 0 radical (unpaired) electrons. The highest BCUT2D eigenvalue weighted by Gasteiger charge is 2.47. The summed E-state index contributed by atoms with van der Waals surface area (Å²) >= 11 is 0. The summed E-state index contributed by atoms with van der Waals surface area (Å²) < 4.78 is 5.87. The van der Waals surface area contributed by atoms with Crippen molar-refractivity contribution in [2.45, 2.75) is 39.2 Å². The third-order valence-electron chi connectivity index (χ3n) is 4.89. The molecule has 1 spiro atoms. The Balaban J connectivity index is 2.00. The second-order valence-corrected chi connectivity index (χ2v) is 7.27. The molecule has 0 bridgehead atoms. The normalized spacial score (nSPS) is 23.5. The Hall–Kier alpha value is -1.69. The molecule has 2 aliphatic rings. The molecule has 1 saturated heterocycles. The van der Waals surface area contributed by atoms with E-state index in [1.54, 1.807) is 0 Å². The second kappa shape index (κ2) is 5.74. The van der Waals surface area contributed by atoms with Gasteiger partial charge >= 0.3 is 0 Å². The fourth-order valence-electron chi connectivity index (χ4n) is 3.55. The monoisotopic (exact) mass is 318 g/mol. The van der Waals surface area contributed by atoms with Crippen LogP contribution in [0.3, 0.4) is 0 Å². The van der Waals surface area contributed by atoms with Crippen LogP contribution in [-0.2, 0) is 21.6 Å². The average molecular weight is 318 g/mol. The van der Waals surface area contributed by atoms with Gasteiger partial charge in [-0.3, -0.25) is 4.79 Å². The quantitative estimate of drug-likeness (QED) is 0.827. The Morgan fingerprint density at radius 1 is 1.35 bits per heavy atom. The summed E-state index contributed by atoms with van der Waals surface area (Å²) in [6, 6.07) is 0. The summed E-state index contributed by atoms with van der Waals surface area (Å²) in [7, 11) is 3.91. The van der Waals surface area contributed by atoms with Crippen LogP contribution in [0.15, 0.2) is 0 Å². The molecule has 3 heterocycles. The van der Waals surface area contributed by atoms with E-state index in [4.69, 9.17) is 9.72 Å². The predicted molar refractivity (Wildman–Crippen MR) is 88.5 cm³/mol. The molecule has 126 valence electrons. The zero-order valence-corrected chi connectivity index (χ0v) is 14.7. The lowest BCUT2D eigenvalue weighted by atomic mass is 9.80. The molecule has 0 aromatic carbocycles. The highest BCUT2D eigenvalue weighted by atomic mass is 16.5. The third-order valence-corrected chi connectivity index (χ3v) is 4.89. The Morgan fingerprint density at radius 3 is 2.74 bits per heavy atom. The Morgan fingerprint density at radius 2 is 2.09 bits per heavy atom. The molecule has 2 aliphatic heterocycles. The van der Waals surface area contributed by atoms with Crippen molar-refractivity contribution in [3.05, 3.63) is 17.0 Å². The van der Waals surface area contributed by atoms with E-state index in [1.807, 2.05) is 44.7 Å². The van der Waals surface area contributed by atoms with Crippen molar-refractivity contribution in [1.29, 1.82) is 0 Å². The summed E-state index contributed by atoms with van der Waals surface area (Å²) in [5.74, 6) is 0.974. The highest BCUT2D eigenvalue weighted by Crippen LogP contribution is 2.40. The van der Waals surface area contributed by atoms with Gasteiger partial charge in [-0.15, -0.1) is 0 Å². The van der Waals surface area contributed by atoms with Crippen LogP contribution in [-0.4, -0.2) is 54.6 Å². The standard InChI is InChI=1S/C17H26N4O2/c1-11(2)15(22)21-7-6-17(9-21)10-23-8-13-12(3)18-16(20(4)5)19-14(13)17/h11H,6-10H2,1-5H3. The fourth-order valence-corrected chi connectivity index (χ4v) is 3.55. The minimum absolute atomic E-state index is 0.0265. The van der Waals surface area contributed by atoms with E-state index in [1.165, 1.54) is 0 Å². The molecule has 3 rings (SSSR count). The van der Waals surface area contributed by atoms with Crippen LogP contribution in [0, 0.1) is 12.8 Å². The molecule has 1 atom stereocenters. The van der Waals surface area contributed by atoms with Gasteiger partial charge in [-0.25, -0.2) is 9.97 Å². The van der Waals surface area contributed by atoms with Crippen molar-refractivity contribution in [1.82, 2.24) is 14.9 Å². The van der Waals surface area contributed by atoms with Gasteiger partial charge in [0.25, 0.3) is 0 Å². The average Bonchev–Trinajstić information content (AvgIpc) is 2.92. The lowest BCUT2D eigenvalue weighted by Crippen LogP contribution is -2.43. The number of rotatable bonds is 2. The molecular formula is C17H26N4O2. The molecule has 1 unspecified atom stereocenters. The zero-order valence-electron chi connectivity index (χ0n) is 14.7. The Labute approximate surface area is 137 Å². The summed E-state index contributed by atoms with van der Waals surface area (Å²) in [6.07, 6.45) is 0.905. The number of carbonyl (C=O) groups excluding carboxylic acids is 1. The van der Waals surface area contributed by atoms with Crippen molar-refractivity contribution in [3.8, 4) is 0 Å². The number of aryl methyl sites for hydroxylation is 1. The van der Waals surface area contributed by atoms with Crippen molar-refractivity contribution in [2.75, 3.05) is 38.7 Å². The lowest BCUT2D eigenvalue weighted by molar-refractivity contribution is -0.133. The number of fused-ring (bicyclic) bond motifs is 2. The van der Waals surface area contributed by atoms with E-state index in [0.717, 1.165) is 35.9 Å². The van der Waals surface area contributed by atoms with Crippen LogP contribution in [0.5, 0.6) is 0 Å². The zero-order chi connectivity index (χ0) is 16.8. The van der Waals surface area contributed by atoms with Gasteiger partial charge in [-0.1, -0.05) is 13.8 Å². The third kappa shape index (κ3) is 2.69. The number of nitrogens with zero attached hydrogens (tertiary/aromatic N) is 4. The van der Waals surface area contributed by atoms with Crippen molar-refractivity contribution >= 4 is 11.9 Å². The minimum atomic E-state index is -0.184. The highest BCUT2D eigenvalue weighted by molar-refractivity contribution is 5.78. The molecular weight excluding hydrogens is 292 g/mol. The number of amides is 1. The predicted octanol–water partition coefficient (Wildman–Crippen LogP) is 1.51. The van der Waals surface area contributed by atoms with E-state index >= 15 is 0 Å². The molecule has 0 aliphatic carbocycles. The summed E-state index contributed by atoms with van der Waals surface area (Å²) in [5, 5.41) is 0. The van der Waals surface area contributed by atoms with Crippen LogP contribution in [0.2, 0.25) is 0 Å². The number of aromatic nitrogens is 2. The van der Waals surface area contributed by atoms with E-state index in [2.05, 4.69) is 4.98 Å². The molecule has 1 amide bonds. The van der Waals surface area contributed by atoms with Gasteiger partial charge in [-0.05, 0) is 13.3 Å². The summed E-state index contributed by atoms with van der Waals surface area (Å²) in [6.45, 7) is 8.59. The van der Waals surface area contributed by atoms with Gasteiger partial charge in [0.1, 0.15) is 0 Å². The minimum Gasteiger partial charge on any atom is -0.376 e. The van der Waals surface area contributed by atoms with Gasteiger partial charge in [0.15, 0.2) is 0 Å². The molecule has 6 heteroatoms. The van der Waals surface area contributed by atoms with E-state index in [9.17, 15) is 4.79 Å². The van der Waals surface area contributed by atoms with Gasteiger partial charge in [-0.2, -0.15) is 0 Å². The van der Waals surface area contributed by atoms with Crippen LogP contribution < -0.4 is 4.90 Å². The molecule has 1 aromatic rings. The first-order valence-electron chi connectivity index (χ1n) is 8.26. The molecule has 1 aromatic heterocycles. The SMILES string of the molecule is Cc1nc(N(C)C)nc2c1COCC21CCN(C(=O)C(C)C)C1. The fraction of sp³-hybridized carbons (Fsp3) is 0.706. The van der Waals surface area contributed by atoms with Gasteiger partial charge in [0, 0.05) is 44.4 Å². The van der Waals surface area contributed by atoms with Crippen LogP contribution in [0.25, 0.3) is 0 Å². The maximum atomic E-state index is 12.4. The van der Waals surface area contributed by atoms with E-state index in [-0.39, 0.29) is 17.2 Å². The van der Waals surface area contributed by atoms with Gasteiger partial charge in [0.05, 0.1) is 24.3 Å². The second-order valence-electron chi connectivity index (χ2n) is 7.27. The maximum absolute atomic E-state index is 12.4.